The van der Waals surface area contributed by atoms with Crippen LogP contribution in [-0.4, -0.2) is 53.0 Å². The van der Waals surface area contributed by atoms with Crippen LogP contribution in [0.25, 0.3) is 5.69 Å². The molecule has 0 unspecified atom stereocenters. The molecule has 7 nitrogen and oxygen atoms in total. The van der Waals surface area contributed by atoms with Crippen LogP contribution in [0, 0.1) is 0 Å². The summed E-state index contributed by atoms with van der Waals surface area (Å²) in [5.74, 6) is 1.82. The number of aromatic nitrogens is 2. The number of hydrogen-bond acceptors (Lipinski definition) is 6. The fraction of sp³-hybridized carbons (Fsp3) is 0.444. The average Bonchev–Trinajstić information content (AvgIpc) is 3.24. The molecule has 2 aliphatic rings. The van der Waals surface area contributed by atoms with Gasteiger partial charge in [0, 0.05) is 44.0 Å². The van der Waals surface area contributed by atoms with Gasteiger partial charge in [0.2, 0.25) is 0 Å². The second-order valence-corrected chi connectivity index (χ2v) is 6.51. The monoisotopic (exact) mass is 343 g/mol. The molecule has 25 heavy (non-hydrogen) atoms. The molecule has 0 saturated carbocycles. The maximum Gasteiger partial charge on any atom is 0.509 e. The molecular formula is C18H21N3O4. The van der Waals surface area contributed by atoms with E-state index in [1.807, 2.05) is 36.7 Å². The van der Waals surface area contributed by atoms with Crippen LogP contribution in [0.4, 0.5) is 4.79 Å². The average molecular weight is 343 g/mol. The highest BCUT2D eigenvalue weighted by molar-refractivity contribution is 5.62. The third-order valence-corrected chi connectivity index (χ3v) is 4.95. The maximum atomic E-state index is 11.2. The molecule has 2 aliphatic heterocycles. The number of imidazole rings is 1. The first-order chi connectivity index (χ1) is 12.2. The van der Waals surface area contributed by atoms with Crippen LogP contribution in [0.15, 0.2) is 36.7 Å². The third-order valence-electron chi connectivity index (χ3n) is 4.95. The summed E-state index contributed by atoms with van der Waals surface area (Å²) in [4.78, 5) is 18.1. The largest absolute Gasteiger partial charge is 0.509 e. The van der Waals surface area contributed by atoms with Crippen molar-refractivity contribution in [3.8, 4) is 11.4 Å². The number of carbonyl (C=O) groups excluding carboxylic acids is 1. The van der Waals surface area contributed by atoms with Gasteiger partial charge in [-0.1, -0.05) is 0 Å². The van der Waals surface area contributed by atoms with E-state index in [1.165, 1.54) is 0 Å². The minimum Gasteiger partial charge on any atom is -0.497 e. The number of cyclic esters (lactones) is 1. The maximum absolute atomic E-state index is 11.2. The molecule has 2 fully saturated rings. The van der Waals surface area contributed by atoms with Gasteiger partial charge in [-0.3, -0.25) is 4.90 Å². The van der Waals surface area contributed by atoms with Crippen LogP contribution in [0.1, 0.15) is 18.7 Å². The van der Waals surface area contributed by atoms with E-state index in [1.54, 1.807) is 7.11 Å². The summed E-state index contributed by atoms with van der Waals surface area (Å²) in [6, 6.07) is 7.92. The van der Waals surface area contributed by atoms with E-state index < -0.39 is 11.8 Å². The molecule has 1 aromatic heterocycles. The van der Waals surface area contributed by atoms with E-state index in [0.717, 1.165) is 49.7 Å². The summed E-state index contributed by atoms with van der Waals surface area (Å²) in [7, 11) is 1.66. The number of methoxy groups -OCH3 is 1. The van der Waals surface area contributed by atoms with Crippen molar-refractivity contribution in [2.75, 3.05) is 26.8 Å². The van der Waals surface area contributed by atoms with E-state index in [0.29, 0.717) is 6.61 Å². The summed E-state index contributed by atoms with van der Waals surface area (Å²) in [6.07, 6.45) is 4.83. The van der Waals surface area contributed by atoms with E-state index in [9.17, 15) is 4.79 Å². The van der Waals surface area contributed by atoms with Crippen LogP contribution < -0.4 is 4.74 Å². The van der Waals surface area contributed by atoms with Gasteiger partial charge in [0.1, 0.15) is 18.2 Å². The number of ether oxygens (including phenoxy) is 3. The van der Waals surface area contributed by atoms with Crippen LogP contribution in [0.3, 0.4) is 0 Å². The molecule has 2 aromatic rings. The first kappa shape index (κ1) is 16.0. The van der Waals surface area contributed by atoms with Gasteiger partial charge in [-0.05, 0) is 24.3 Å². The lowest BCUT2D eigenvalue weighted by Gasteiger charge is -2.36. The SMILES string of the molecule is COc1ccc(-n2ccnc2CN2CCC3(CC2)COC(=O)O3)cc1. The lowest BCUT2D eigenvalue weighted by atomic mass is 9.92. The van der Waals surface area contributed by atoms with Gasteiger partial charge in [-0.25, -0.2) is 9.78 Å². The molecule has 0 radical (unpaired) electrons. The Morgan fingerprint density at radius 1 is 1.24 bits per heavy atom. The van der Waals surface area contributed by atoms with Crippen LogP contribution in [0.2, 0.25) is 0 Å². The molecule has 132 valence electrons. The van der Waals surface area contributed by atoms with Gasteiger partial charge in [0.15, 0.2) is 5.60 Å². The quantitative estimate of drug-likeness (QED) is 0.794. The number of benzene rings is 1. The highest BCUT2D eigenvalue weighted by Gasteiger charge is 2.44. The minimum atomic E-state index is -0.538. The van der Waals surface area contributed by atoms with E-state index in [-0.39, 0.29) is 0 Å². The van der Waals surface area contributed by atoms with Crippen LogP contribution in [0.5, 0.6) is 5.75 Å². The summed E-state index contributed by atoms with van der Waals surface area (Å²) in [5, 5.41) is 0. The Morgan fingerprint density at radius 2 is 2.00 bits per heavy atom. The Bertz CT molecular complexity index is 748. The summed E-state index contributed by atoms with van der Waals surface area (Å²) in [5.41, 5.74) is 0.638. The van der Waals surface area contributed by atoms with E-state index in [4.69, 9.17) is 14.2 Å². The Balaban J connectivity index is 1.42. The molecule has 4 rings (SSSR count). The Labute approximate surface area is 146 Å². The Morgan fingerprint density at radius 3 is 2.64 bits per heavy atom. The molecule has 0 aliphatic carbocycles. The number of likely N-dealkylation sites (tertiary alicyclic amines) is 1. The predicted molar refractivity (Wildman–Crippen MR) is 89.8 cm³/mol. The standard InChI is InChI=1S/C18H21N3O4/c1-23-15-4-2-14(3-5-15)21-11-8-19-16(21)12-20-9-6-18(7-10-20)13-24-17(22)25-18/h2-5,8,11H,6-7,9-10,12-13H2,1H3. The summed E-state index contributed by atoms with van der Waals surface area (Å²) in [6.45, 7) is 2.84. The Kier molecular flexibility index (Phi) is 4.09. The molecule has 3 heterocycles. The van der Waals surface area contributed by atoms with Crippen molar-refractivity contribution in [2.24, 2.45) is 0 Å². The number of piperidine rings is 1. The van der Waals surface area contributed by atoms with Gasteiger partial charge < -0.3 is 18.8 Å². The van der Waals surface area contributed by atoms with Gasteiger partial charge in [-0.2, -0.15) is 0 Å². The number of carbonyl (C=O) groups is 1. The lowest BCUT2D eigenvalue weighted by molar-refractivity contribution is -0.00227. The number of nitrogens with zero attached hydrogens (tertiary/aromatic N) is 3. The fourth-order valence-corrected chi connectivity index (χ4v) is 3.42. The normalized spacial score (nSPS) is 19.6. The predicted octanol–water partition coefficient (Wildman–Crippen LogP) is 2.38. The summed E-state index contributed by atoms with van der Waals surface area (Å²) < 4.78 is 17.6. The minimum absolute atomic E-state index is 0.375. The second kappa shape index (κ2) is 6.40. The van der Waals surface area contributed by atoms with E-state index >= 15 is 0 Å². The zero-order valence-corrected chi connectivity index (χ0v) is 14.2. The molecule has 1 aromatic carbocycles. The molecule has 1 spiro atoms. The van der Waals surface area contributed by atoms with Crippen molar-refractivity contribution in [3.63, 3.8) is 0 Å². The van der Waals surface area contributed by atoms with Crippen molar-refractivity contribution < 1.29 is 19.0 Å². The lowest BCUT2D eigenvalue weighted by Crippen LogP contribution is -2.45. The van der Waals surface area contributed by atoms with Crippen molar-refractivity contribution in [2.45, 2.75) is 25.0 Å². The van der Waals surface area contributed by atoms with Crippen molar-refractivity contribution in [1.82, 2.24) is 14.5 Å². The summed E-state index contributed by atoms with van der Waals surface area (Å²) >= 11 is 0. The highest BCUT2D eigenvalue weighted by Crippen LogP contribution is 2.32. The van der Waals surface area contributed by atoms with Crippen molar-refractivity contribution >= 4 is 6.16 Å². The third kappa shape index (κ3) is 3.19. The number of hydrogen-bond donors (Lipinski definition) is 0. The molecule has 7 heteroatoms. The smallest absolute Gasteiger partial charge is 0.497 e. The topological polar surface area (TPSA) is 65.8 Å². The van der Waals surface area contributed by atoms with Gasteiger partial charge in [0.25, 0.3) is 0 Å². The van der Waals surface area contributed by atoms with E-state index in [2.05, 4.69) is 14.5 Å². The zero-order valence-electron chi connectivity index (χ0n) is 14.2. The van der Waals surface area contributed by atoms with Gasteiger partial charge >= 0.3 is 6.16 Å². The second-order valence-electron chi connectivity index (χ2n) is 6.51. The molecule has 0 atom stereocenters. The van der Waals surface area contributed by atoms with Gasteiger partial charge in [-0.15, -0.1) is 0 Å². The van der Waals surface area contributed by atoms with Crippen molar-refractivity contribution in [1.29, 1.82) is 0 Å². The molecule has 0 N–H and O–H groups in total. The Hall–Kier alpha value is -2.54. The van der Waals surface area contributed by atoms with Gasteiger partial charge in [0.05, 0.1) is 13.7 Å². The first-order valence-electron chi connectivity index (χ1n) is 8.42. The number of rotatable bonds is 4. The molecule has 0 amide bonds. The fourth-order valence-electron chi connectivity index (χ4n) is 3.42. The first-order valence-corrected chi connectivity index (χ1v) is 8.42. The molecular weight excluding hydrogens is 322 g/mol. The zero-order chi connectivity index (χ0) is 17.3. The van der Waals surface area contributed by atoms with Crippen LogP contribution in [-0.2, 0) is 16.0 Å². The van der Waals surface area contributed by atoms with Crippen LogP contribution >= 0.6 is 0 Å². The van der Waals surface area contributed by atoms with Crippen molar-refractivity contribution in [3.05, 3.63) is 42.5 Å². The molecule has 2 saturated heterocycles. The highest BCUT2D eigenvalue weighted by atomic mass is 16.8. The molecule has 0 bridgehead atoms.